The summed E-state index contributed by atoms with van der Waals surface area (Å²) in [6.07, 6.45) is 7.21. The van der Waals surface area contributed by atoms with Crippen LogP contribution in [-0.4, -0.2) is 36.6 Å². The summed E-state index contributed by atoms with van der Waals surface area (Å²) in [4.78, 5) is 2.58. The first-order valence-corrected chi connectivity index (χ1v) is 7.98. The molecule has 0 aliphatic carbocycles. The van der Waals surface area contributed by atoms with Crippen molar-refractivity contribution in [3.8, 4) is 6.07 Å². The minimum absolute atomic E-state index is 0.338. The van der Waals surface area contributed by atoms with Gasteiger partial charge in [-0.05, 0) is 77.5 Å². The molecule has 0 saturated carbocycles. The maximum atomic E-state index is 9.30. The maximum absolute atomic E-state index is 9.30. The molecule has 1 rings (SSSR count). The molecular formula is C16H31N3. The Balaban J connectivity index is 2.26. The van der Waals surface area contributed by atoms with Crippen LogP contribution in [0.4, 0.5) is 0 Å². The summed E-state index contributed by atoms with van der Waals surface area (Å²) in [5.41, 5.74) is -0.338. The van der Waals surface area contributed by atoms with Crippen molar-refractivity contribution in [2.45, 2.75) is 64.8 Å². The van der Waals surface area contributed by atoms with Gasteiger partial charge >= 0.3 is 0 Å². The van der Waals surface area contributed by atoms with Crippen molar-refractivity contribution >= 4 is 0 Å². The number of hydrogen-bond acceptors (Lipinski definition) is 3. The molecule has 1 fully saturated rings. The lowest BCUT2D eigenvalue weighted by Crippen LogP contribution is -2.42. The van der Waals surface area contributed by atoms with Crippen LogP contribution in [0, 0.1) is 17.2 Å². The number of nitrogens with zero attached hydrogens (tertiary/aromatic N) is 2. The first-order chi connectivity index (χ1) is 9.09. The lowest BCUT2D eigenvalue weighted by Gasteiger charge is -2.25. The highest BCUT2D eigenvalue weighted by molar-refractivity contribution is 5.03. The fourth-order valence-electron chi connectivity index (χ4n) is 2.79. The molecule has 0 amide bonds. The first-order valence-electron chi connectivity index (χ1n) is 7.98. The van der Waals surface area contributed by atoms with Crippen LogP contribution in [0.5, 0.6) is 0 Å². The maximum Gasteiger partial charge on any atom is 0.103 e. The molecule has 0 aromatic heterocycles. The second-order valence-electron chi connectivity index (χ2n) is 6.35. The Bertz CT molecular complexity index is 284. The zero-order valence-electron chi connectivity index (χ0n) is 13.0. The summed E-state index contributed by atoms with van der Waals surface area (Å²) in [5.74, 6) is 0.889. The Hall–Kier alpha value is -0.590. The lowest BCUT2D eigenvalue weighted by molar-refractivity contribution is 0.263. The quantitative estimate of drug-likeness (QED) is 0.768. The first kappa shape index (κ1) is 16.5. The van der Waals surface area contributed by atoms with Crippen LogP contribution >= 0.6 is 0 Å². The van der Waals surface area contributed by atoms with Crippen molar-refractivity contribution in [1.29, 1.82) is 5.26 Å². The predicted molar refractivity (Wildman–Crippen MR) is 81.0 cm³/mol. The van der Waals surface area contributed by atoms with Gasteiger partial charge in [0.25, 0.3) is 0 Å². The number of hydrogen-bond donors (Lipinski definition) is 1. The van der Waals surface area contributed by atoms with Crippen molar-refractivity contribution in [3.63, 3.8) is 0 Å². The molecule has 0 radical (unpaired) electrons. The highest BCUT2D eigenvalue weighted by Crippen LogP contribution is 2.18. The highest BCUT2D eigenvalue weighted by atomic mass is 15.1. The third-order valence-electron chi connectivity index (χ3n) is 4.27. The lowest BCUT2D eigenvalue weighted by atomic mass is 9.97. The van der Waals surface area contributed by atoms with E-state index >= 15 is 0 Å². The molecule has 1 saturated heterocycles. The van der Waals surface area contributed by atoms with E-state index in [1.807, 2.05) is 6.92 Å². The van der Waals surface area contributed by atoms with E-state index in [4.69, 9.17) is 0 Å². The molecule has 1 aliphatic heterocycles. The number of nitriles is 1. The third-order valence-corrected chi connectivity index (χ3v) is 4.27. The van der Waals surface area contributed by atoms with Crippen LogP contribution in [0.2, 0.25) is 0 Å². The Morgan fingerprint density at radius 1 is 1.37 bits per heavy atom. The summed E-state index contributed by atoms with van der Waals surface area (Å²) in [6, 6.07) is 2.44. The summed E-state index contributed by atoms with van der Waals surface area (Å²) in [6.45, 7) is 11.1. The van der Waals surface area contributed by atoms with E-state index in [0.29, 0.717) is 0 Å². The van der Waals surface area contributed by atoms with E-state index in [1.165, 1.54) is 32.4 Å². The van der Waals surface area contributed by atoms with E-state index < -0.39 is 0 Å². The molecular weight excluding hydrogens is 234 g/mol. The van der Waals surface area contributed by atoms with Crippen molar-refractivity contribution in [1.82, 2.24) is 10.2 Å². The largest absolute Gasteiger partial charge is 0.303 e. The van der Waals surface area contributed by atoms with E-state index in [-0.39, 0.29) is 5.54 Å². The Morgan fingerprint density at radius 2 is 2.16 bits per heavy atom. The summed E-state index contributed by atoms with van der Waals surface area (Å²) >= 11 is 0. The van der Waals surface area contributed by atoms with E-state index in [0.717, 1.165) is 38.3 Å². The van der Waals surface area contributed by atoms with E-state index in [9.17, 15) is 5.26 Å². The van der Waals surface area contributed by atoms with Crippen molar-refractivity contribution < 1.29 is 0 Å². The number of rotatable bonds is 7. The van der Waals surface area contributed by atoms with Crippen LogP contribution < -0.4 is 5.32 Å². The van der Waals surface area contributed by atoms with Crippen LogP contribution in [0.25, 0.3) is 0 Å². The average Bonchev–Trinajstić information content (AvgIpc) is 2.61. The fourth-order valence-corrected chi connectivity index (χ4v) is 2.79. The molecule has 0 spiro atoms. The average molecular weight is 265 g/mol. The van der Waals surface area contributed by atoms with Gasteiger partial charge in [-0.3, -0.25) is 5.32 Å². The van der Waals surface area contributed by atoms with Gasteiger partial charge in [0.15, 0.2) is 0 Å². The SMILES string of the molecule is CCCNC(C)(C#N)CCCN1CCCC(C)CC1. The Labute approximate surface area is 119 Å². The Morgan fingerprint density at radius 3 is 2.84 bits per heavy atom. The van der Waals surface area contributed by atoms with Crippen LogP contribution in [0.3, 0.4) is 0 Å². The molecule has 110 valence electrons. The molecule has 1 N–H and O–H groups in total. The topological polar surface area (TPSA) is 39.1 Å². The van der Waals surface area contributed by atoms with Gasteiger partial charge in [0.05, 0.1) is 6.07 Å². The third kappa shape index (κ3) is 6.40. The van der Waals surface area contributed by atoms with Crippen molar-refractivity contribution in [2.75, 3.05) is 26.2 Å². The molecule has 2 unspecified atom stereocenters. The van der Waals surface area contributed by atoms with Crippen LogP contribution in [0.15, 0.2) is 0 Å². The standard InChI is InChI=1S/C16H31N3/c1-4-10-18-16(3,14-17)9-6-12-19-11-5-7-15(2)8-13-19/h15,18H,4-13H2,1-3H3. The van der Waals surface area contributed by atoms with Gasteiger partial charge in [-0.25, -0.2) is 0 Å². The minimum atomic E-state index is -0.338. The second kappa shape index (κ2) is 8.55. The molecule has 3 nitrogen and oxygen atoms in total. The van der Waals surface area contributed by atoms with Gasteiger partial charge in [-0.15, -0.1) is 0 Å². The molecule has 1 heterocycles. The molecule has 0 aromatic carbocycles. The molecule has 2 atom stereocenters. The monoisotopic (exact) mass is 265 g/mol. The van der Waals surface area contributed by atoms with Gasteiger partial charge < -0.3 is 4.90 Å². The molecule has 0 aromatic rings. The molecule has 0 bridgehead atoms. The summed E-state index contributed by atoms with van der Waals surface area (Å²) in [7, 11) is 0. The minimum Gasteiger partial charge on any atom is -0.303 e. The molecule has 3 heteroatoms. The zero-order chi connectivity index (χ0) is 14.1. The van der Waals surface area contributed by atoms with Gasteiger partial charge in [0.1, 0.15) is 5.54 Å². The van der Waals surface area contributed by atoms with Gasteiger partial charge in [0, 0.05) is 0 Å². The van der Waals surface area contributed by atoms with Gasteiger partial charge in [0.2, 0.25) is 0 Å². The fraction of sp³-hybridized carbons (Fsp3) is 0.938. The van der Waals surface area contributed by atoms with Crippen LogP contribution in [-0.2, 0) is 0 Å². The molecule has 1 aliphatic rings. The summed E-state index contributed by atoms with van der Waals surface area (Å²) < 4.78 is 0. The Kier molecular flexibility index (Phi) is 7.41. The van der Waals surface area contributed by atoms with Gasteiger partial charge in [-0.1, -0.05) is 13.8 Å². The highest BCUT2D eigenvalue weighted by Gasteiger charge is 2.22. The van der Waals surface area contributed by atoms with E-state index in [1.54, 1.807) is 0 Å². The van der Waals surface area contributed by atoms with Gasteiger partial charge in [-0.2, -0.15) is 5.26 Å². The van der Waals surface area contributed by atoms with Crippen LogP contribution in [0.1, 0.15) is 59.3 Å². The normalized spacial score (nSPS) is 24.4. The van der Waals surface area contributed by atoms with Crippen molar-refractivity contribution in [3.05, 3.63) is 0 Å². The van der Waals surface area contributed by atoms with E-state index in [2.05, 4.69) is 30.1 Å². The molecule has 19 heavy (non-hydrogen) atoms. The smallest absolute Gasteiger partial charge is 0.103 e. The number of nitrogens with one attached hydrogen (secondary N) is 1. The summed E-state index contributed by atoms with van der Waals surface area (Å²) in [5, 5.41) is 12.7. The second-order valence-corrected chi connectivity index (χ2v) is 6.35. The predicted octanol–water partition coefficient (Wildman–Crippen LogP) is 3.17. The zero-order valence-corrected chi connectivity index (χ0v) is 13.0. The number of likely N-dealkylation sites (tertiary alicyclic amines) is 1. The van der Waals surface area contributed by atoms with Crippen molar-refractivity contribution in [2.24, 2.45) is 5.92 Å².